The molecule has 2 aromatic rings. The Hall–Kier alpha value is -1.03. The molecule has 1 aliphatic rings. The molecule has 5 heteroatoms. The number of rotatable bonds is 5. The van der Waals surface area contributed by atoms with Gasteiger partial charge in [0, 0.05) is 34.4 Å². The van der Waals surface area contributed by atoms with Gasteiger partial charge in [-0.1, -0.05) is 29.3 Å². The van der Waals surface area contributed by atoms with E-state index in [0.717, 1.165) is 17.9 Å². The van der Waals surface area contributed by atoms with Gasteiger partial charge in [0.2, 0.25) is 0 Å². The smallest absolute Gasteiger partial charge is 0.106 e. The number of nitrogens with one attached hydrogen (secondary N) is 1. The Balaban J connectivity index is 1.83. The Morgan fingerprint density at radius 2 is 2.00 bits per heavy atom. The highest BCUT2D eigenvalue weighted by atomic mass is 35.5. The molecule has 0 saturated heterocycles. The molecule has 1 N–H and O–H groups in total. The summed E-state index contributed by atoms with van der Waals surface area (Å²) in [6, 6.07) is 6.29. The Kier molecular flexibility index (Phi) is 4.01. The van der Waals surface area contributed by atoms with Gasteiger partial charge in [-0.05, 0) is 31.9 Å². The number of halogens is 2. The number of hydrogen-bond acceptors (Lipinski definition) is 2. The van der Waals surface area contributed by atoms with E-state index in [2.05, 4.69) is 14.9 Å². The summed E-state index contributed by atoms with van der Waals surface area (Å²) in [6.45, 7) is 3.50. The Bertz CT molecular complexity index is 597. The highest BCUT2D eigenvalue weighted by molar-refractivity contribution is 6.35. The van der Waals surface area contributed by atoms with Gasteiger partial charge >= 0.3 is 0 Å². The third-order valence-corrected chi connectivity index (χ3v) is 4.37. The van der Waals surface area contributed by atoms with E-state index in [-0.39, 0.29) is 0 Å². The standard InChI is InChI=1S/C15H17Cl2N3/c1-10-18-7-12(8-19-11-5-6-11)20(10)9-13-14(16)3-2-4-15(13)17/h2-4,7,11,19H,5-6,8-9H2,1H3. The summed E-state index contributed by atoms with van der Waals surface area (Å²) in [4.78, 5) is 4.41. The van der Waals surface area contributed by atoms with E-state index in [9.17, 15) is 0 Å². The largest absolute Gasteiger partial charge is 0.326 e. The predicted octanol–water partition coefficient (Wildman–Crippen LogP) is 3.80. The van der Waals surface area contributed by atoms with Crippen molar-refractivity contribution in [3.05, 3.63) is 51.5 Å². The molecule has 1 aliphatic carbocycles. The van der Waals surface area contributed by atoms with E-state index in [1.54, 1.807) is 0 Å². The van der Waals surface area contributed by atoms with Gasteiger partial charge in [-0.15, -0.1) is 0 Å². The first-order valence-corrected chi connectivity index (χ1v) is 7.58. The van der Waals surface area contributed by atoms with E-state index in [0.29, 0.717) is 22.6 Å². The van der Waals surface area contributed by atoms with Crippen molar-refractivity contribution >= 4 is 23.2 Å². The second-order valence-corrected chi connectivity index (χ2v) is 6.05. The summed E-state index contributed by atoms with van der Waals surface area (Å²) >= 11 is 12.5. The molecular weight excluding hydrogens is 293 g/mol. The lowest BCUT2D eigenvalue weighted by molar-refractivity contribution is 0.627. The second-order valence-electron chi connectivity index (χ2n) is 5.24. The first-order valence-electron chi connectivity index (χ1n) is 6.82. The van der Waals surface area contributed by atoms with Crippen LogP contribution in [0.4, 0.5) is 0 Å². The van der Waals surface area contributed by atoms with Crippen LogP contribution < -0.4 is 5.32 Å². The third kappa shape index (κ3) is 3.00. The van der Waals surface area contributed by atoms with Gasteiger partial charge < -0.3 is 9.88 Å². The summed E-state index contributed by atoms with van der Waals surface area (Å²) in [5.41, 5.74) is 2.12. The van der Waals surface area contributed by atoms with Crippen LogP contribution in [0.1, 0.15) is 29.9 Å². The zero-order chi connectivity index (χ0) is 14.1. The highest BCUT2D eigenvalue weighted by Crippen LogP contribution is 2.26. The minimum Gasteiger partial charge on any atom is -0.326 e. The van der Waals surface area contributed by atoms with Crippen LogP contribution >= 0.6 is 23.2 Å². The number of benzene rings is 1. The quantitative estimate of drug-likeness (QED) is 0.910. The monoisotopic (exact) mass is 309 g/mol. The topological polar surface area (TPSA) is 29.9 Å². The fourth-order valence-corrected chi connectivity index (χ4v) is 2.77. The molecule has 1 saturated carbocycles. The zero-order valence-electron chi connectivity index (χ0n) is 11.4. The fraction of sp³-hybridized carbons (Fsp3) is 0.400. The van der Waals surface area contributed by atoms with Crippen LogP contribution in [0.3, 0.4) is 0 Å². The van der Waals surface area contributed by atoms with Crippen LogP contribution in [-0.2, 0) is 13.1 Å². The van der Waals surface area contributed by atoms with Crippen molar-refractivity contribution in [2.45, 2.75) is 38.9 Å². The molecule has 0 amide bonds. The molecule has 0 unspecified atom stereocenters. The predicted molar refractivity (Wildman–Crippen MR) is 82.4 cm³/mol. The molecule has 20 heavy (non-hydrogen) atoms. The highest BCUT2D eigenvalue weighted by Gasteiger charge is 2.21. The maximum atomic E-state index is 6.25. The van der Waals surface area contributed by atoms with Gasteiger partial charge in [0.15, 0.2) is 0 Å². The van der Waals surface area contributed by atoms with Crippen LogP contribution in [0.25, 0.3) is 0 Å². The van der Waals surface area contributed by atoms with Crippen LogP contribution in [0.5, 0.6) is 0 Å². The van der Waals surface area contributed by atoms with Gasteiger partial charge in [0.25, 0.3) is 0 Å². The van der Waals surface area contributed by atoms with Crippen LogP contribution in [0.15, 0.2) is 24.4 Å². The lowest BCUT2D eigenvalue weighted by Gasteiger charge is -2.13. The van der Waals surface area contributed by atoms with Gasteiger partial charge in [0.1, 0.15) is 5.82 Å². The molecule has 0 spiro atoms. The average Bonchev–Trinajstić information content (AvgIpc) is 3.18. The molecule has 106 valence electrons. The van der Waals surface area contributed by atoms with Crippen molar-refractivity contribution in [1.29, 1.82) is 0 Å². The van der Waals surface area contributed by atoms with Gasteiger partial charge in [0.05, 0.1) is 12.2 Å². The number of nitrogens with zero attached hydrogens (tertiary/aromatic N) is 2. The second kappa shape index (κ2) is 5.76. The van der Waals surface area contributed by atoms with E-state index < -0.39 is 0 Å². The average molecular weight is 310 g/mol. The van der Waals surface area contributed by atoms with Crippen molar-refractivity contribution in [3.63, 3.8) is 0 Å². The summed E-state index contributed by atoms with van der Waals surface area (Å²) in [5.74, 6) is 0.980. The molecule has 0 bridgehead atoms. The summed E-state index contributed by atoms with van der Waals surface area (Å²) in [5, 5.41) is 4.92. The van der Waals surface area contributed by atoms with E-state index in [1.807, 2.05) is 31.3 Å². The molecule has 1 fully saturated rings. The van der Waals surface area contributed by atoms with Crippen LogP contribution in [-0.4, -0.2) is 15.6 Å². The maximum Gasteiger partial charge on any atom is 0.106 e. The lowest BCUT2D eigenvalue weighted by Crippen LogP contribution is -2.19. The molecule has 1 heterocycles. The van der Waals surface area contributed by atoms with E-state index in [1.165, 1.54) is 18.5 Å². The first-order chi connectivity index (χ1) is 9.65. The molecule has 0 atom stereocenters. The minimum atomic E-state index is 0.659. The summed E-state index contributed by atoms with van der Waals surface area (Å²) in [6.07, 6.45) is 4.49. The Morgan fingerprint density at radius 1 is 1.30 bits per heavy atom. The van der Waals surface area contributed by atoms with Crippen molar-refractivity contribution in [1.82, 2.24) is 14.9 Å². The SMILES string of the molecule is Cc1ncc(CNC2CC2)n1Cc1c(Cl)cccc1Cl. The number of imidazole rings is 1. The molecule has 1 aromatic carbocycles. The van der Waals surface area contributed by atoms with Gasteiger partial charge in [-0.3, -0.25) is 0 Å². The van der Waals surface area contributed by atoms with Crippen molar-refractivity contribution in [2.24, 2.45) is 0 Å². The third-order valence-electron chi connectivity index (χ3n) is 3.66. The molecular formula is C15H17Cl2N3. The van der Waals surface area contributed by atoms with Crippen LogP contribution in [0.2, 0.25) is 10.0 Å². The maximum absolute atomic E-state index is 6.25. The van der Waals surface area contributed by atoms with E-state index >= 15 is 0 Å². The molecule has 0 radical (unpaired) electrons. The first kappa shape index (κ1) is 13.9. The van der Waals surface area contributed by atoms with Crippen molar-refractivity contribution in [3.8, 4) is 0 Å². The number of hydrogen-bond donors (Lipinski definition) is 1. The van der Waals surface area contributed by atoms with Crippen LogP contribution in [0, 0.1) is 6.92 Å². The fourth-order valence-electron chi connectivity index (χ4n) is 2.25. The lowest BCUT2D eigenvalue weighted by atomic mass is 10.2. The Morgan fingerprint density at radius 3 is 2.65 bits per heavy atom. The molecule has 3 rings (SSSR count). The van der Waals surface area contributed by atoms with E-state index in [4.69, 9.17) is 23.2 Å². The molecule has 0 aliphatic heterocycles. The van der Waals surface area contributed by atoms with Crippen molar-refractivity contribution in [2.75, 3.05) is 0 Å². The molecule has 3 nitrogen and oxygen atoms in total. The van der Waals surface area contributed by atoms with Gasteiger partial charge in [-0.25, -0.2) is 4.98 Å². The van der Waals surface area contributed by atoms with Crippen molar-refractivity contribution < 1.29 is 0 Å². The normalized spacial score (nSPS) is 14.8. The Labute approximate surface area is 128 Å². The number of aryl methyl sites for hydroxylation is 1. The molecule has 1 aromatic heterocycles. The number of aromatic nitrogens is 2. The summed E-state index contributed by atoms with van der Waals surface area (Å²) in [7, 11) is 0. The van der Waals surface area contributed by atoms with Gasteiger partial charge in [-0.2, -0.15) is 0 Å². The summed E-state index contributed by atoms with van der Waals surface area (Å²) < 4.78 is 2.17. The zero-order valence-corrected chi connectivity index (χ0v) is 12.9. The minimum absolute atomic E-state index is 0.659.